The van der Waals surface area contributed by atoms with Crippen LogP contribution in [0, 0.1) is 18.3 Å². The lowest BCUT2D eigenvalue weighted by Crippen LogP contribution is -2.40. The van der Waals surface area contributed by atoms with E-state index in [1.165, 1.54) is 4.31 Å². The number of sulfonamides is 1. The molecule has 0 atom stereocenters. The second-order valence-electron chi connectivity index (χ2n) is 9.51. The fourth-order valence-corrected chi connectivity index (χ4v) is 6.61. The van der Waals surface area contributed by atoms with Crippen LogP contribution in [0.15, 0.2) is 17.0 Å². The van der Waals surface area contributed by atoms with E-state index in [1.54, 1.807) is 19.9 Å². The Morgan fingerprint density at radius 2 is 1.90 bits per heavy atom. The van der Waals surface area contributed by atoms with Gasteiger partial charge in [0.05, 0.1) is 17.4 Å². The SMILES string of the molecule is CCOC(=O)C1CCN(S(=O)(=O)c2cc3[nH]c4c(c3cc2C)C(=O)CC(C)(C)C4)CC1. The van der Waals surface area contributed by atoms with Crippen LogP contribution in [0.3, 0.4) is 0 Å². The first-order chi connectivity index (χ1) is 14.5. The second-order valence-corrected chi connectivity index (χ2v) is 11.4. The van der Waals surface area contributed by atoms with Crippen LogP contribution in [-0.4, -0.2) is 49.2 Å². The first-order valence-corrected chi connectivity index (χ1v) is 12.3. The van der Waals surface area contributed by atoms with E-state index in [4.69, 9.17) is 4.74 Å². The minimum Gasteiger partial charge on any atom is -0.466 e. The first-order valence-electron chi connectivity index (χ1n) is 10.9. The third-order valence-electron chi connectivity index (χ3n) is 6.44. The molecule has 0 unspecified atom stereocenters. The van der Waals surface area contributed by atoms with Crippen molar-refractivity contribution in [1.29, 1.82) is 0 Å². The van der Waals surface area contributed by atoms with Crippen LogP contribution in [0.5, 0.6) is 0 Å². The molecule has 31 heavy (non-hydrogen) atoms. The molecule has 7 nitrogen and oxygen atoms in total. The zero-order chi connectivity index (χ0) is 22.6. The number of ketones is 1. The van der Waals surface area contributed by atoms with Gasteiger partial charge in [-0.1, -0.05) is 13.8 Å². The first kappa shape index (κ1) is 22.0. The van der Waals surface area contributed by atoms with Gasteiger partial charge in [0, 0.05) is 41.7 Å². The summed E-state index contributed by atoms with van der Waals surface area (Å²) in [4.78, 5) is 28.3. The highest BCUT2D eigenvalue weighted by atomic mass is 32.2. The Labute approximate surface area is 183 Å². The smallest absolute Gasteiger partial charge is 0.309 e. The number of hydrogen-bond donors (Lipinski definition) is 1. The fourth-order valence-electron chi connectivity index (χ4n) is 4.91. The molecule has 0 amide bonds. The molecule has 0 bridgehead atoms. The van der Waals surface area contributed by atoms with E-state index < -0.39 is 10.0 Å². The number of nitrogens with one attached hydrogen (secondary N) is 1. The fraction of sp³-hybridized carbons (Fsp3) is 0.565. The van der Waals surface area contributed by atoms with Crippen molar-refractivity contribution in [2.75, 3.05) is 19.7 Å². The number of nitrogens with zero attached hydrogens (tertiary/aromatic N) is 1. The molecular weight excluding hydrogens is 416 g/mol. The van der Waals surface area contributed by atoms with Gasteiger partial charge in [-0.2, -0.15) is 4.31 Å². The zero-order valence-corrected chi connectivity index (χ0v) is 19.4. The van der Waals surface area contributed by atoms with Crippen molar-refractivity contribution in [2.45, 2.75) is 58.3 Å². The highest BCUT2D eigenvalue weighted by molar-refractivity contribution is 7.89. The summed E-state index contributed by atoms with van der Waals surface area (Å²) in [6.07, 6.45) is 2.16. The topological polar surface area (TPSA) is 96.5 Å². The summed E-state index contributed by atoms with van der Waals surface area (Å²) in [6, 6.07) is 3.48. The number of aromatic amines is 1. The molecule has 168 valence electrons. The number of aromatic nitrogens is 1. The minimum atomic E-state index is -3.71. The number of carbonyl (C=O) groups is 2. The molecule has 4 rings (SSSR count). The maximum atomic E-state index is 13.4. The Kier molecular flexibility index (Phi) is 5.50. The van der Waals surface area contributed by atoms with Gasteiger partial charge in [0.15, 0.2) is 5.78 Å². The number of piperidine rings is 1. The molecule has 0 radical (unpaired) electrons. The lowest BCUT2D eigenvalue weighted by molar-refractivity contribution is -0.149. The third kappa shape index (κ3) is 3.91. The number of fused-ring (bicyclic) bond motifs is 3. The molecule has 0 spiro atoms. The largest absolute Gasteiger partial charge is 0.466 e. The van der Waals surface area contributed by atoms with Crippen LogP contribution in [0.25, 0.3) is 10.9 Å². The molecule has 1 aliphatic carbocycles. The molecule has 1 aliphatic heterocycles. The summed E-state index contributed by atoms with van der Waals surface area (Å²) in [6.45, 7) is 8.59. The van der Waals surface area contributed by atoms with Crippen molar-refractivity contribution >= 4 is 32.7 Å². The number of benzene rings is 1. The number of rotatable bonds is 4. The molecular formula is C23H30N2O5S. The molecule has 2 heterocycles. The molecule has 1 aromatic carbocycles. The monoisotopic (exact) mass is 446 g/mol. The van der Waals surface area contributed by atoms with Gasteiger partial charge in [-0.25, -0.2) is 8.42 Å². The van der Waals surface area contributed by atoms with E-state index >= 15 is 0 Å². The Hall–Kier alpha value is -2.19. The van der Waals surface area contributed by atoms with Crippen LogP contribution in [-0.2, 0) is 26.0 Å². The van der Waals surface area contributed by atoms with Gasteiger partial charge in [0.2, 0.25) is 10.0 Å². The molecule has 1 aromatic heterocycles. The average molecular weight is 447 g/mol. The zero-order valence-electron chi connectivity index (χ0n) is 18.6. The van der Waals surface area contributed by atoms with Crippen molar-refractivity contribution in [2.24, 2.45) is 11.3 Å². The van der Waals surface area contributed by atoms with Crippen molar-refractivity contribution in [3.05, 3.63) is 29.0 Å². The Morgan fingerprint density at radius 1 is 1.23 bits per heavy atom. The number of hydrogen-bond acceptors (Lipinski definition) is 5. The Balaban J connectivity index is 1.65. The highest BCUT2D eigenvalue weighted by Crippen LogP contribution is 2.39. The van der Waals surface area contributed by atoms with Gasteiger partial charge in [-0.05, 0) is 56.2 Å². The lowest BCUT2D eigenvalue weighted by atomic mass is 9.76. The minimum absolute atomic E-state index is 0.105. The summed E-state index contributed by atoms with van der Waals surface area (Å²) in [5, 5.41) is 0.799. The standard InChI is InChI=1S/C23H30N2O5S/c1-5-30-22(27)15-6-8-25(9-7-15)31(28,29)20-11-17-16(10-14(20)2)21-18(24-17)12-23(3,4)13-19(21)26/h10-11,15,24H,5-9,12-13H2,1-4H3. The van der Waals surface area contributed by atoms with E-state index in [9.17, 15) is 18.0 Å². The highest BCUT2D eigenvalue weighted by Gasteiger charge is 2.36. The maximum absolute atomic E-state index is 13.4. The van der Waals surface area contributed by atoms with Crippen LogP contribution in [0.2, 0.25) is 0 Å². The average Bonchev–Trinajstić information content (AvgIpc) is 3.03. The van der Waals surface area contributed by atoms with E-state index in [2.05, 4.69) is 18.8 Å². The lowest BCUT2D eigenvalue weighted by Gasteiger charge is -2.30. The summed E-state index contributed by atoms with van der Waals surface area (Å²) < 4.78 is 33.3. The van der Waals surface area contributed by atoms with Gasteiger partial charge in [-0.15, -0.1) is 0 Å². The summed E-state index contributed by atoms with van der Waals surface area (Å²) in [5.74, 6) is -0.394. The predicted molar refractivity (Wildman–Crippen MR) is 118 cm³/mol. The summed E-state index contributed by atoms with van der Waals surface area (Å²) in [7, 11) is -3.71. The summed E-state index contributed by atoms with van der Waals surface area (Å²) in [5.41, 5.74) is 2.79. The van der Waals surface area contributed by atoms with E-state index in [0.29, 0.717) is 42.5 Å². The summed E-state index contributed by atoms with van der Waals surface area (Å²) >= 11 is 0. The molecule has 8 heteroatoms. The third-order valence-corrected chi connectivity index (χ3v) is 8.48. The van der Waals surface area contributed by atoms with Crippen molar-refractivity contribution < 1.29 is 22.7 Å². The van der Waals surface area contributed by atoms with Gasteiger partial charge in [-0.3, -0.25) is 9.59 Å². The number of carbonyl (C=O) groups excluding carboxylic acids is 2. The molecule has 1 N–H and O–H groups in total. The van der Waals surface area contributed by atoms with Gasteiger partial charge in [0.1, 0.15) is 0 Å². The quantitative estimate of drug-likeness (QED) is 0.724. The Morgan fingerprint density at radius 3 is 2.55 bits per heavy atom. The van der Waals surface area contributed by atoms with Gasteiger partial charge < -0.3 is 9.72 Å². The van der Waals surface area contributed by atoms with E-state index in [1.807, 2.05) is 6.07 Å². The normalized spacial score (nSPS) is 20.1. The number of ether oxygens (including phenoxy) is 1. The molecule has 1 fully saturated rings. The molecule has 2 aromatic rings. The van der Waals surface area contributed by atoms with Crippen LogP contribution < -0.4 is 0 Å². The number of esters is 1. The van der Waals surface area contributed by atoms with Gasteiger partial charge in [0.25, 0.3) is 0 Å². The molecule has 2 aliphatic rings. The maximum Gasteiger partial charge on any atom is 0.309 e. The molecule has 1 saturated heterocycles. The number of H-pyrrole nitrogens is 1. The second kappa shape index (κ2) is 7.74. The van der Waals surface area contributed by atoms with E-state index in [-0.39, 0.29) is 41.1 Å². The van der Waals surface area contributed by atoms with Crippen LogP contribution in [0.1, 0.15) is 61.6 Å². The molecule has 0 saturated carbocycles. The van der Waals surface area contributed by atoms with Gasteiger partial charge >= 0.3 is 5.97 Å². The van der Waals surface area contributed by atoms with Crippen molar-refractivity contribution in [1.82, 2.24) is 9.29 Å². The predicted octanol–water partition coefficient (Wildman–Crippen LogP) is 3.60. The van der Waals surface area contributed by atoms with Crippen molar-refractivity contribution in [3.8, 4) is 0 Å². The number of Topliss-reactive ketones (excluding diaryl/α,β-unsaturated/α-hetero) is 1. The Bertz CT molecular complexity index is 1150. The van der Waals surface area contributed by atoms with Crippen LogP contribution in [0.4, 0.5) is 0 Å². The number of aryl methyl sites for hydroxylation is 1. The van der Waals surface area contributed by atoms with Crippen molar-refractivity contribution in [3.63, 3.8) is 0 Å². The van der Waals surface area contributed by atoms with Crippen LogP contribution >= 0.6 is 0 Å². The van der Waals surface area contributed by atoms with E-state index in [0.717, 1.165) is 17.5 Å².